The topological polar surface area (TPSA) is 88.5 Å². The first-order valence-corrected chi connectivity index (χ1v) is 7.46. The minimum atomic E-state index is -0.913. The molecule has 1 aromatic rings. The van der Waals surface area contributed by atoms with Crippen LogP contribution in [0.15, 0.2) is 11.5 Å². The molecule has 0 aliphatic heterocycles. The number of ether oxygens (including phenoxy) is 1. The van der Waals surface area contributed by atoms with Gasteiger partial charge in [0.1, 0.15) is 5.60 Å². The van der Waals surface area contributed by atoms with E-state index in [2.05, 4.69) is 10.3 Å². The Morgan fingerprint density at radius 1 is 1.48 bits per heavy atom. The number of rotatable bonds is 5. The van der Waals surface area contributed by atoms with Gasteiger partial charge in [0.2, 0.25) is 0 Å². The predicted molar refractivity (Wildman–Crippen MR) is 82.5 cm³/mol. The number of allylic oxidation sites excluding steroid dienone is 1. The van der Waals surface area contributed by atoms with E-state index in [1.54, 1.807) is 26.2 Å². The molecule has 1 heterocycles. The van der Waals surface area contributed by atoms with E-state index >= 15 is 0 Å². The average molecular weight is 312 g/mol. The second kappa shape index (κ2) is 7.21. The molecular weight excluding hydrogens is 292 g/mol. The molecule has 2 N–H and O–H groups in total. The highest BCUT2D eigenvalue weighted by Crippen LogP contribution is 2.24. The molecule has 0 saturated carbocycles. The van der Waals surface area contributed by atoms with Gasteiger partial charge in [0, 0.05) is 5.38 Å². The van der Waals surface area contributed by atoms with Crippen molar-refractivity contribution in [3.05, 3.63) is 17.2 Å². The number of amides is 1. The van der Waals surface area contributed by atoms with E-state index in [4.69, 9.17) is 9.84 Å². The van der Waals surface area contributed by atoms with Crippen molar-refractivity contribution >= 4 is 34.1 Å². The summed E-state index contributed by atoms with van der Waals surface area (Å²) in [6, 6.07) is 0. The van der Waals surface area contributed by atoms with Crippen molar-refractivity contribution in [2.45, 2.75) is 46.1 Å². The fourth-order valence-corrected chi connectivity index (χ4v) is 2.27. The summed E-state index contributed by atoms with van der Waals surface area (Å²) < 4.78 is 5.13. The Labute approximate surface area is 127 Å². The SMILES string of the molecule is CCC=C(CC(=O)O)c1csc(NC(=O)OC(C)(C)C)n1. The number of carbonyl (C=O) groups excluding carboxylic acids is 1. The van der Waals surface area contributed by atoms with E-state index in [0.29, 0.717) is 16.4 Å². The molecule has 0 bridgehead atoms. The van der Waals surface area contributed by atoms with Crippen LogP contribution < -0.4 is 5.32 Å². The molecule has 0 atom stereocenters. The lowest BCUT2D eigenvalue weighted by Crippen LogP contribution is -2.27. The lowest BCUT2D eigenvalue weighted by molar-refractivity contribution is -0.135. The maximum atomic E-state index is 11.6. The molecule has 1 amide bonds. The summed E-state index contributed by atoms with van der Waals surface area (Å²) >= 11 is 1.23. The van der Waals surface area contributed by atoms with Crippen LogP contribution in [0.4, 0.5) is 9.93 Å². The summed E-state index contributed by atoms with van der Waals surface area (Å²) in [6.07, 6.45) is 1.86. The highest BCUT2D eigenvalue weighted by Gasteiger charge is 2.18. The van der Waals surface area contributed by atoms with Gasteiger partial charge in [-0.1, -0.05) is 13.0 Å². The number of nitrogens with one attached hydrogen (secondary N) is 1. The standard InChI is InChI=1S/C14H20N2O4S/c1-5-6-9(7-11(17)18)10-8-21-12(15-10)16-13(19)20-14(2,3)4/h6,8H,5,7H2,1-4H3,(H,17,18)(H,15,16,19). The normalized spacial score (nSPS) is 12.1. The highest BCUT2D eigenvalue weighted by atomic mass is 32.1. The van der Waals surface area contributed by atoms with Crippen molar-refractivity contribution in [1.29, 1.82) is 0 Å². The van der Waals surface area contributed by atoms with Crippen LogP contribution in [0.3, 0.4) is 0 Å². The van der Waals surface area contributed by atoms with Crippen LogP contribution in [0.2, 0.25) is 0 Å². The minimum Gasteiger partial charge on any atom is -0.481 e. The summed E-state index contributed by atoms with van der Waals surface area (Å²) in [5.74, 6) is -0.913. The van der Waals surface area contributed by atoms with E-state index in [9.17, 15) is 9.59 Å². The Balaban J connectivity index is 2.78. The largest absolute Gasteiger partial charge is 0.481 e. The zero-order valence-corrected chi connectivity index (χ0v) is 13.4. The Morgan fingerprint density at radius 3 is 2.67 bits per heavy atom. The fourth-order valence-electron chi connectivity index (χ4n) is 1.55. The van der Waals surface area contributed by atoms with Crippen molar-refractivity contribution in [2.24, 2.45) is 0 Å². The molecule has 0 saturated heterocycles. The molecular formula is C14H20N2O4S. The van der Waals surface area contributed by atoms with E-state index < -0.39 is 17.7 Å². The third-order valence-corrected chi connectivity index (χ3v) is 2.99. The lowest BCUT2D eigenvalue weighted by Gasteiger charge is -2.18. The lowest BCUT2D eigenvalue weighted by atomic mass is 10.1. The van der Waals surface area contributed by atoms with Gasteiger partial charge in [-0.2, -0.15) is 0 Å². The quantitative estimate of drug-likeness (QED) is 0.864. The molecule has 0 unspecified atom stereocenters. The maximum Gasteiger partial charge on any atom is 0.413 e. The van der Waals surface area contributed by atoms with Crippen LogP contribution in [-0.2, 0) is 9.53 Å². The molecule has 0 spiro atoms. The molecule has 1 aromatic heterocycles. The molecule has 0 radical (unpaired) electrons. The second-order valence-corrected chi connectivity index (χ2v) is 6.23. The highest BCUT2D eigenvalue weighted by molar-refractivity contribution is 7.14. The third kappa shape index (κ3) is 6.40. The van der Waals surface area contributed by atoms with Gasteiger partial charge in [-0.05, 0) is 32.8 Å². The van der Waals surface area contributed by atoms with Crippen molar-refractivity contribution in [3.63, 3.8) is 0 Å². The smallest absolute Gasteiger partial charge is 0.413 e. The van der Waals surface area contributed by atoms with Gasteiger partial charge in [0.05, 0.1) is 12.1 Å². The summed E-state index contributed by atoms with van der Waals surface area (Å²) in [6.45, 7) is 7.24. The number of hydrogen-bond acceptors (Lipinski definition) is 5. The Morgan fingerprint density at radius 2 is 2.14 bits per heavy atom. The van der Waals surface area contributed by atoms with Gasteiger partial charge in [-0.25, -0.2) is 9.78 Å². The van der Waals surface area contributed by atoms with E-state index in [-0.39, 0.29) is 6.42 Å². The van der Waals surface area contributed by atoms with E-state index in [1.807, 2.05) is 13.0 Å². The van der Waals surface area contributed by atoms with Crippen LogP contribution in [-0.4, -0.2) is 27.8 Å². The van der Waals surface area contributed by atoms with Crippen LogP contribution in [0, 0.1) is 0 Å². The number of anilines is 1. The molecule has 0 aromatic carbocycles. The van der Waals surface area contributed by atoms with Crippen molar-refractivity contribution in [3.8, 4) is 0 Å². The molecule has 21 heavy (non-hydrogen) atoms. The summed E-state index contributed by atoms with van der Waals surface area (Å²) in [7, 11) is 0. The zero-order valence-electron chi connectivity index (χ0n) is 12.6. The number of nitrogens with zero attached hydrogens (tertiary/aromatic N) is 1. The molecule has 1 rings (SSSR count). The van der Waals surface area contributed by atoms with E-state index in [1.165, 1.54) is 11.3 Å². The van der Waals surface area contributed by atoms with Gasteiger partial charge in [-0.15, -0.1) is 11.3 Å². The van der Waals surface area contributed by atoms with Gasteiger partial charge >= 0.3 is 12.1 Å². The van der Waals surface area contributed by atoms with Gasteiger partial charge in [0.15, 0.2) is 5.13 Å². The maximum absolute atomic E-state index is 11.6. The Bertz CT molecular complexity index is 543. The molecule has 6 nitrogen and oxygen atoms in total. The summed E-state index contributed by atoms with van der Waals surface area (Å²) in [4.78, 5) is 26.7. The number of thiazole rings is 1. The number of carbonyl (C=O) groups is 2. The Hall–Kier alpha value is -1.89. The van der Waals surface area contributed by atoms with Crippen molar-refractivity contribution in [1.82, 2.24) is 4.98 Å². The minimum absolute atomic E-state index is 0.0938. The van der Waals surface area contributed by atoms with Gasteiger partial charge < -0.3 is 9.84 Å². The fraction of sp³-hybridized carbons (Fsp3) is 0.500. The second-order valence-electron chi connectivity index (χ2n) is 5.37. The molecule has 0 fully saturated rings. The average Bonchev–Trinajstić information content (AvgIpc) is 2.73. The number of carboxylic acid groups (broad SMARTS) is 1. The van der Waals surface area contributed by atoms with Gasteiger partial charge in [0.25, 0.3) is 0 Å². The van der Waals surface area contributed by atoms with Crippen molar-refractivity contribution < 1.29 is 19.4 Å². The third-order valence-electron chi connectivity index (χ3n) is 2.23. The molecule has 7 heteroatoms. The van der Waals surface area contributed by atoms with Crippen LogP contribution in [0.5, 0.6) is 0 Å². The first-order chi connectivity index (χ1) is 9.71. The number of aliphatic carboxylic acids is 1. The first-order valence-electron chi connectivity index (χ1n) is 6.58. The van der Waals surface area contributed by atoms with E-state index in [0.717, 1.165) is 6.42 Å². The number of carboxylic acids is 1. The van der Waals surface area contributed by atoms with Crippen LogP contribution in [0.1, 0.15) is 46.2 Å². The van der Waals surface area contributed by atoms with Crippen LogP contribution >= 0.6 is 11.3 Å². The Kier molecular flexibility index (Phi) is 5.90. The summed E-state index contributed by atoms with van der Waals surface area (Å²) in [5.41, 5.74) is 0.620. The van der Waals surface area contributed by atoms with Gasteiger partial charge in [-0.3, -0.25) is 10.1 Å². The molecule has 0 aliphatic carbocycles. The summed E-state index contributed by atoms with van der Waals surface area (Å²) in [5, 5.41) is 13.5. The zero-order chi connectivity index (χ0) is 16.0. The molecule has 116 valence electrons. The number of hydrogen-bond donors (Lipinski definition) is 2. The monoisotopic (exact) mass is 312 g/mol. The van der Waals surface area contributed by atoms with Crippen molar-refractivity contribution in [2.75, 3.05) is 5.32 Å². The first kappa shape index (κ1) is 17.2. The van der Waals surface area contributed by atoms with Crippen LogP contribution in [0.25, 0.3) is 5.57 Å². The predicted octanol–water partition coefficient (Wildman–Crippen LogP) is 3.76. The number of aromatic nitrogens is 1. The molecule has 0 aliphatic rings.